The first-order valence-electron chi connectivity index (χ1n) is 6.81. The van der Waals surface area contributed by atoms with Gasteiger partial charge in [0, 0.05) is 22.5 Å². The second kappa shape index (κ2) is 3.70. The smallest absolute Gasteiger partial charge is 0.339 e. The van der Waals surface area contributed by atoms with Gasteiger partial charge in [-0.05, 0) is 39.2 Å². The van der Waals surface area contributed by atoms with Crippen LogP contribution in [0, 0.1) is 11.3 Å². The van der Waals surface area contributed by atoms with Crippen molar-refractivity contribution in [2.75, 3.05) is 0 Å². The van der Waals surface area contributed by atoms with Crippen LogP contribution in [0.15, 0.2) is 23.0 Å². The molecule has 0 spiro atoms. The highest BCUT2D eigenvalue weighted by atomic mass is 16.5. The summed E-state index contributed by atoms with van der Waals surface area (Å²) in [6, 6.07) is 0. The Morgan fingerprint density at radius 1 is 1.42 bits per heavy atom. The summed E-state index contributed by atoms with van der Waals surface area (Å²) in [4.78, 5) is 11.6. The Kier molecular flexibility index (Phi) is 2.51. The molecule has 0 bridgehead atoms. The first-order valence-corrected chi connectivity index (χ1v) is 6.81. The molecule has 3 rings (SSSR count). The van der Waals surface area contributed by atoms with Crippen molar-refractivity contribution < 1.29 is 19.7 Å². The zero-order chi connectivity index (χ0) is 14.0. The fourth-order valence-corrected chi connectivity index (χ4v) is 3.86. The highest BCUT2D eigenvalue weighted by Crippen LogP contribution is 2.55. The van der Waals surface area contributed by atoms with Crippen LogP contribution in [0.3, 0.4) is 0 Å². The topological polar surface area (TPSA) is 66.8 Å². The third kappa shape index (κ3) is 1.63. The van der Waals surface area contributed by atoms with Crippen molar-refractivity contribution in [3.63, 3.8) is 0 Å². The van der Waals surface area contributed by atoms with E-state index in [0.29, 0.717) is 30.6 Å². The first kappa shape index (κ1) is 12.9. The highest BCUT2D eigenvalue weighted by Gasteiger charge is 2.55. The Hall–Kier alpha value is -1.13. The van der Waals surface area contributed by atoms with E-state index in [4.69, 9.17) is 4.74 Å². The molecule has 0 aromatic carbocycles. The Morgan fingerprint density at radius 3 is 2.79 bits per heavy atom. The number of carbonyl (C=O) groups excluding carboxylic acids is 1. The minimum atomic E-state index is -0.824. The molecule has 0 radical (unpaired) electrons. The zero-order valence-corrected chi connectivity index (χ0v) is 11.6. The van der Waals surface area contributed by atoms with E-state index in [1.807, 2.05) is 19.9 Å². The van der Waals surface area contributed by atoms with Crippen molar-refractivity contribution in [3.05, 3.63) is 23.0 Å². The van der Waals surface area contributed by atoms with E-state index in [2.05, 4.69) is 0 Å². The standard InChI is InChI=1S/C15H20O4/c1-8-9-6-11-14(2,7-10(9)19-13(8)17)12(16)4-5-15(11,3)18/h7,11-12,16,18H,4-6H2,1-3H3/t11-,12+,14-,15-/m0/s1. The minimum Gasteiger partial charge on any atom is -0.423 e. The van der Waals surface area contributed by atoms with E-state index in [0.717, 1.165) is 5.57 Å². The largest absolute Gasteiger partial charge is 0.423 e. The molecule has 104 valence electrons. The van der Waals surface area contributed by atoms with Crippen LogP contribution in [0.25, 0.3) is 0 Å². The number of aliphatic hydroxyl groups is 2. The maximum absolute atomic E-state index is 11.6. The number of hydrogen-bond acceptors (Lipinski definition) is 4. The molecule has 4 atom stereocenters. The average molecular weight is 264 g/mol. The van der Waals surface area contributed by atoms with E-state index in [1.165, 1.54) is 0 Å². The van der Waals surface area contributed by atoms with Gasteiger partial charge in [-0.3, -0.25) is 0 Å². The summed E-state index contributed by atoms with van der Waals surface area (Å²) >= 11 is 0. The number of ether oxygens (including phenoxy) is 1. The molecule has 0 aromatic heterocycles. The van der Waals surface area contributed by atoms with Crippen molar-refractivity contribution in [1.82, 2.24) is 0 Å². The Labute approximate surface area is 112 Å². The van der Waals surface area contributed by atoms with Gasteiger partial charge in [-0.25, -0.2) is 4.79 Å². The number of hydrogen-bond donors (Lipinski definition) is 2. The van der Waals surface area contributed by atoms with Gasteiger partial charge in [0.15, 0.2) is 0 Å². The van der Waals surface area contributed by atoms with Crippen LogP contribution in [0.2, 0.25) is 0 Å². The maximum Gasteiger partial charge on any atom is 0.339 e. The minimum absolute atomic E-state index is 0.0908. The van der Waals surface area contributed by atoms with Crippen LogP contribution in [0.4, 0.5) is 0 Å². The molecule has 2 N–H and O–H groups in total. The summed E-state index contributed by atoms with van der Waals surface area (Å²) in [7, 11) is 0. The van der Waals surface area contributed by atoms with Crippen LogP contribution >= 0.6 is 0 Å². The van der Waals surface area contributed by atoms with Gasteiger partial charge in [0.1, 0.15) is 5.76 Å². The van der Waals surface area contributed by atoms with E-state index >= 15 is 0 Å². The second-order valence-electron chi connectivity index (χ2n) is 6.54. The summed E-state index contributed by atoms with van der Waals surface area (Å²) in [6.45, 7) is 5.53. The van der Waals surface area contributed by atoms with Gasteiger partial charge in [-0.2, -0.15) is 0 Å². The number of allylic oxidation sites excluding steroid dienone is 1. The van der Waals surface area contributed by atoms with Gasteiger partial charge in [0.05, 0.1) is 11.7 Å². The molecular formula is C15H20O4. The van der Waals surface area contributed by atoms with Crippen molar-refractivity contribution in [3.8, 4) is 0 Å². The second-order valence-corrected chi connectivity index (χ2v) is 6.54. The Bertz CT molecular complexity index is 514. The molecule has 1 aliphatic heterocycles. The zero-order valence-electron chi connectivity index (χ0n) is 11.6. The first-order chi connectivity index (χ1) is 8.75. The van der Waals surface area contributed by atoms with Gasteiger partial charge in [-0.15, -0.1) is 0 Å². The summed E-state index contributed by atoms with van der Waals surface area (Å²) in [5.41, 5.74) is 0.159. The monoisotopic (exact) mass is 264 g/mol. The number of rotatable bonds is 0. The fourth-order valence-electron chi connectivity index (χ4n) is 3.86. The van der Waals surface area contributed by atoms with Crippen molar-refractivity contribution in [2.24, 2.45) is 11.3 Å². The van der Waals surface area contributed by atoms with Gasteiger partial charge in [0.25, 0.3) is 0 Å². The fraction of sp³-hybridized carbons (Fsp3) is 0.667. The van der Waals surface area contributed by atoms with Gasteiger partial charge >= 0.3 is 5.97 Å². The molecule has 0 saturated heterocycles. The summed E-state index contributed by atoms with van der Waals surface area (Å²) in [5, 5.41) is 21.0. The predicted octanol–water partition coefficient (Wildman–Crippen LogP) is 1.68. The van der Waals surface area contributed by atoms with Crippen LogP contribution in [-0.2, 0) is 9.53 Å². The molecule has 0 unspecified atom stereocenters. The molecule has 4 nitrogen and oxygen atoms in total. The molecule has 19 heavy (non-hydrogen) atoms. The van der Waals surface area contributed by atoms with Crippen molar-refractivity contribution in [2.45, 2.75) is 51.7 Å². The number of fused-ring (bicyclic) bond motifs is 2. The van der Waals surface area contributed by atoms with Crippen LogP contribution < -0.4 is 0 Å². The molecular weight excluding hydrogens is 244 g/mol. The third-order valence-electron chi connectivity index (χ3n) is 5.25. The number of esters is 1. The van der Waals surface area contributed by atoms with E-state index in [1.54, 1.807) is 6.92 Å². The van der Waals surface area contributed by atoms with Crippen LogP contribution in [0.5, 0.6) is 0 Å². The normalized spacial score (nSPS) is 45.5. The Morgan fingerprint density at radius 2 is 2.11 bits per heavy atom. The molecule has 4 heteroatoms. The molecule has 3 aliphatic rings. The number of aliphatic hydroxyl groups excluding tert-OH is 1. The van der Waals surface area contributed by atoms with E-state index < -0.39 is 17.1 Å². The molecule has 1 saturated carbocycles. The van der Waals surface area contributed by atoms with Crippen molar-refractivity contribution >= 4 is 5.97 Å². The van der Waals surface area contributed by atoms with Gasteiger partial charge in [-0.1, -0.05) is 6.92 Å². The molecule has 1 heterocycles. The van der Waals surface area contributed by atoms with Crippen LogP contribution in [0.1, 0.15) is 40.0 Å². The quantitative estimate of drug-likeness (QED) is 0.653. The summed E-state index contributed by atoms with van der Waals surface area (Å²) in [5.74, 6) is 0.183. The Balaban J connectivity index is 2.13. The number of carbonyl (C=O) groups is 1. The molecule has 1 fully saturated rings. The van der Waals surface area contributed by atoms with E-state index in [-0.39, 0.29) is 11.9 Å². The molecule has 2 aliphatic carbocycles. The summed E-state index contributed by atoms with van der Waals surface area (Å²) in [6.07, 6.45) is 3.08. The lowest BCUT2D eigenvalue weighted by molar-refractivity contribution is -0.137. The van der Waals surface area contributed by atoms with E-state index in [9.17, 15) is 15.0 Å². The third-order valence-corrected chi connectivity index (χ3v) is 5.25. The maximum atomic E-state index is 11.6. The van der Waals surface area contributed by atoms with Gasteiger partial charge in [0.2, 0.25) is 0 Å². The lowest BCUT2D eigenvalue weighted by atomic mass is 9.55. The highest BCUT2D eigenvalue weighted by molar-refractivity contribution is 5.94. The summed E-state index contributed by atoms with van der Waals surface area (Å²) < 4.78 is 5.26. The lowest BCUT2D eigenvalue weighted by Crippen LogP contribution is -2.55. The van der Waals surface area contributed by atoms with Crippen LogP contribution in [-0.4, -0.2) is 27.9 Å². The predicted molar refractivity (Wildman–Crippen MR) is 69.0 cm³/mol. The SMILES string of the molecule is CC1=C2C[C@H]3[C@](C)(C=C2OC1=O)[C@H](O)CC[C@]3(C)O. The average Bonchev–Trinajstić information content (AvgIpc) is 2.59. The molecule has 0 aromatic rings. The van der Waals surface area contributed by atoms with Crippen molar-refractivity contribution in [1.29, 1.82) is 0 Å². The molecule has 0 amide bonds. The van der Waals surface area contributed by atoms with Gasteiger partial charge < -0.3 is 14.9 Å². The lowest BCUT2D eigenvalue weighted by Gasteiger charge is -2.53.